The molecule has 1 heterocycles. The zero-order chi connectivity index (χ0) is 17.9. The van der Waals surface area contributed by atoms with Gasteiger partial charge in [0, 0.05) is 22.2 Å². The molecule has 3 aromatic carbocycles. The summed E-state index contributed by atoms with van der Waals surface area (Å²) < 4.78 is 13.2. The smallest absolute Gasteiger partial charge is 0.255 e. The lowest BCUT2D eigenvalue weighted by atomic mass is 10.1. The van der Waals surface area contributed by atoms with E-state index < -0.39 is 5.82 Å². The molecule has 0 aliphatic heterocycles. The van der Waals surface area contributed by atoms with Crippen molar-refractivity contribution in [1.29, 1.82) is 0 Å². The summed E-state index contributed by atoms with van der Waals surface area (Å²) in [6.45, 7) is 0. The van der Waals surface area contributed by atoms with Crippen LogP contribution >= 0.6 is 0 Å². The Morgan fingerprint density at radius 3 is 2.46 bits per heavy atom. The van der Waals surface area contributed by atoms with Gasteiger partial charge in [-0.1, -0.05) is 42.5 Å². The highest BCUT2D eigenvalue weighted by Gasteiger charge is 2.07. The van der Waals surface area contributed by atoms with E-state index in [0.29, 0.717) is 5.69 Å². The summed E-state index contributed by atoms with van der Waals surface area (Å²) in [6.07, 6.45) is 0. The zero-order valence-electron chi connectivity index (χ0n) is 13.8. The zero-order valence-corrected chi connectivity index (χ0v) is 13.8. The highest BCUT2D eigenvalue weighted by Crippen LogP contribution is 2.23. The maximum Gasteiger partial charge on any atom is 0.255 e. The lowest BCUT2D eigenvalue weighted by molar-refractivity contribution is 0.102. The number of carbonyl (C=O) groups is 1. The van der Waals surface area contributed by atoms with Crippen LogP contribution in [0.5, 0.6) is 0 Å². The maximum absolute atomic E-state index is 13.2. The highest BCUT2D eigenvalue weighted by atomic mass is 19.1. The first kappa shape index (κ1) is 16.0. The summed E-state index contributed by atoms with van der Waals surface area (Å²) in [5.41, 5.74) is 3.69. The molecule has 4 heteroatoms. The third-order valence-corrected chi connectivity index (χ3v) is 4.12. The van der Waals surface area contributed by atoms with Crippen LogP contribution in [0.25, 0.3) is 22.2 Å². The number of aromatic nitrogens is 1. The van der Waals surface area contributed by atoms with Gasteiger partial charge in [-0.05, 0) is 42.5 Å². The number of anilines is 1. The van der Waals surface area contributed by atoms with Crippen LogP contribution in [-0.2, 0) is 0 Å². The van der Waals surface area contributed by atoms with E-state index in [-0.39, 0.29) is 11.5 Å². The number of halogens is 1. The monoisotopic (exact) mass is 342 g/mol. The van der Waals surface area contributed by atoms with E-state index in [1.54, 1.807) is 6.07 Å². The van der Waals surface area contributed by atoms with E-state index in [1.807, 2.05) is 60.7 Å². The van der Waals surface area contributed by atoms with Crippen molar-refractivity contribution in [2.45, 2.75) is 0 Å². The van der Waals surface area contributed by atoms with Gasteiger partial charge in [0.1, 0.15) is 5.82 Å². The van der Waals surface area contributed by atoms with Crippen LogP contribution < -0.4 is 5.32 Å². The largest absolute Gasteiger partial charge is 0.322 e. The second-order valence-corrected chi connectivity index (χ2v) is 5.93. The van der Waals surface area contributed by atoms with Crippen molar-refractivity contribution >= 4 is 22.5 Å². The molecule has 0 atom stereocenters. The van der Waals surface area contributed by atoms with Crippen LogP contribution in [0.2, 0.25) is 0 Å². The predicted molar refractivity (Wildman–Crippen MR) is 102 cm³/mol. The quantitative estimate of drug-likeness (QED) is 0.549. The normalized spacial score (nSPS) is 10.7. The summed E-state index contributed by atoms with van der Waals surface area (Å²) in [7, 11) is 0. The minimum atomic E-state index is -0.435. The summed E-state index contributed by atoms with van der Waals surface area (Å²) in [5, 5.41) is 3.86. The molecule has 4 aromatic rings. The number of hydrogen-bond acceptors (Lipinski definition) is 2. The van der Waals surface area contributed by atoms with Gasteiger partial charge in [0.15, 0.2) is 0 Å². The van der Waals surface area contributed by atoms with Gasteiger partial charge in [0.2, 0.25) is 0 Å². The lowest BCUT2D eigenvalue weighted by Gasteiger charge is -2.07. The summed E-state index contributed by atoms with van der Waals surface area (Å²) >= 11 is 0. The van der Waals surface area contributed by atoms with Crippen molar-refractivity contribution in [2.24, 2.45) is 0 Å². The molecule has 0 saturated carbocycles. The van der Waals surface area contributed by atoms with E-state index in [4.69, 9.17) is 0 Å². The fourth-order valence-corrected chi connectivity index (χ4v) is 2.78. The molecule has 0 unspecified atom stereocenters. The Kier molecular flexibility index (Phi) is 4.15. The number of amides is 1. The third-order valence-electron chi connectivity index (χ3n) is 4.12. The SMILES string of the molecule is O=C(Nc1ccc(-c2ccc3ccccc3n2)cc1)c1cccc(F)c1. The van der Waals surface area contributed by atoms with Crippen LogP contribution in [0, 0.1) is 5.82 Å². The van der Waals surface area contributed by atoms with Gasteiger partial charge in [0.25, 0.3) is 5.91 Å². The minimum Gasteiger partial charge on any atom is -0.322 e. The number of carbonyl (C=O) groups excluding carboxylic acids is 1. The number of fused-ring (bicyclic) bond motifs is 1. The van der Waals surface area contributed by atoms with Crippen molar-refractivity contribution in [2.75, 3.05) is 5.32 Å². The number of rotatable bonds is 3. The summed E-state index contributed by atoms with van der Waals surface area (Å²) in [6, 6.07) is 25.0. The molecule has 0 saturated heterocycles. The van der Waals surface area contributed by atoms with Crippen LogP contribution in [0.15, 0.2) is 84.9 Å². The molecule has 0 aliphatic rings. The van der Waals surface area contributed by atoms with Gasteiger partial charge in [-0.25, -0.2) is 9.37 Å². The predicted octanol–water partition coefficient (Wildman–Crippen LogP) is 5.29. The van der Waals surface area contributed by atoms with Gasteiger partial charge < -0.3 is 5.32 Å². The first-order valence-corrected chi connectivity index (χ1v) is 8.22. The molecule has 1 amide bonds. The molecule has 0 spiro atoms. The standard InChI is InChI=1S/C22H15FN2O/c23-18-6-3-5-17(14-18)22(26)24-19-11-8-16(9-12-19)21-13-10-15-4-1-2-7-20(15)25-21/h1-14H,(H,24,26). The molecule has 3 nitrogen and oxygen atoms in total. The number of pyridine rings is 1. The molecule has 0 aliphatic carbocycles. The second-order valence-electron chi connectivity index (χ2n) is 5.93. The van der Waals surface area contributed by atoms with Crippen molar-refractivity contribution in [3.8, 4) is 11.3 Å². The fraction of sp³-hybridized carbons (Fsp3) is 0. The van der Waals surface area contributed by atoms with Gasteiger partial charge >= 0.3 is 0 Å². The minimum absolute atomic E-state index is 0.283. The molecular weight excluding hydrogens is 327 g/mol. The van der Waals surface area contributed by atoms with E-state index >= 15 is 0 Å². The molecular formula is C22H15FN2O. The third kappa shape index (κ3) is 3.30. The van der Waals surface area contributed by atoms with Gasteiger partial charge in [-0.2, -0.15) is 0 Å². The molecule has 1 N–H and O–H groups in total. The lowest BCUT2D eigenvalue weighted by Crippen LogP contribution is -2.11. The number of nitrogens with zero attached hydrogens (tertiary/aromatic N) is 1. The average molecular weight is 342 g/mol. The average Bonchev–Trinajstić information content (AvgIpc) is 2.68. The molecule has 4 rings (SSSR count). The van der Waals surface area contributed by atoms with Crippen LogP contribution in [-0.4, -0.2) is 10.9 Å². The number of benzene rings is 3. The van der Waals surface area contributed by atoms with Gasteiger partial charge in [0.05, 0.1) is 11.2 Å². The van der Waals surface area contributed by atoms with Crippen molar-refractivity contribution in [3.63, 3.8) is 0 Å². The van der Waals surface area contributed by atoms with Crippen LogP contribution in [0.3, 0.4) is 0 Å². The van der Waals surface area contributed by atoms with Crippen molar-refractivity contribution in [3.05, 3.63) is 96.3 Å². The molecule has 0 radical (unpaired) electrons. The first-order valence-electron chi connectivity index (χ1n) is 8.22. The molecule has 26 heavy (non-hydrogen) atoms. The number of nitrogens with one attached hydrogen (secondary N) is 1. The maximum atomic E-state index is 13.2. The Morgan fingerprint density at radius 1 is 0.846 bits per heavy atom. The van der Waals surface area contributed by atoms with Crippen molar-refractivity contribution in [1.82, 2.24) is 4.98 Å². The van der Waals surface area contributed by atoms with Crippen LogP contribution in [0.1, 0.15) is 10.4 Å². The van der Waals surface area contributed by atoms with E-state index in [2.05, 4.69) is 10.3 Å². The first-order chi connectivity index (χ1) is 12.7. The fourth-order valence-electron chi connectivity index (χ4n) is 2.78. The topological polar surface area (TPSA) is 42.0 Å². The Labute approximate surface area is 150 Å². The summed E-state index contributed by atoms with van der Waals surface area (Å²) in [4.78, 5) is 16.8. The molecule has 126 valence electrons. The van der Waals surface area contributed by atoms with Gasteiger partial charge in [-0.3, -0.25) is 4.79 Å². The Balaban J connectivity index is 1.55. The van der Waals surface area contributed by atoms with Gasteiger partial charge in [-0.15, -0.1) is 0 Å². The summed E-state index contributed by atoms with van der Waals surface area (Å²) in [5.74, 6) is -0.781. The van der Waals surface area contributed by atoms with E-state index in [1.165, 1.54) is 18.2 Å². The van der Waals surface area contributed by atoms with Crippen molar-refractivity contribution < 1.29 is 9.18 Å². The second kappa shape index (κ2) is 6.76. The number of hydrogen-bond donors (Lipinski definition) is 1. The van der Waals surface area contributed by atoms with E-state index in [0.717, 1.165) is 22.2 Å². The molecule has 1 aromatic heterocycles. The Morgan fingerprint density at radius 2 is 1.65 bits per heavy atom. The highest BCUT2D eigenvalue weighted by molar-refractivity contribution is 6.04. The molecule has 0 bridgehead atoms. The van der Waals surface area contributed by atoms with Crippen LogP contribution in [0.4, 0.5) is 10.1 Å². The Bertz CT molecular complexity index is 1090. The number of para-hydroxylation sites is 1. The van der Waals surface area contributed by atoms with E-state index in [9.17, 15) is 9.18 Å². The Hall–Kier alpha value is -3.53. The molecule has 0 fully saturated rings.